The molecule has 240 valence electrons. The molecule has 0 radical (unpaired) electrons. The first kappa shape index (κ1) is 32.7. The maximum atomic E-state index is 14.5. The molecule has 3 aliphatic rings. The number of aryl methyl sites for hydroxylation is 1. The van der Waals surface area contributed by atoms with E-state index in [4.69, 9.17) is 0 Å². The Bertz CT molecular complexity index is 1740. The van der Waals surface area contributed by atoms with Gasteiger partial charge < -0.3 is 20.4 Å². The van der Waals surface area contributed by atoms with Crippen LogP contribution < -0.4 is 0 Å². The van der Waals surface area contributed by atoms with Crippen LogP contribution in [-0.2, 0) is 33.6 Å². The second-order valence-corrected chi connectivity index (χ2v) is 14.7. The van der Waals surface area contributed by atoms with Gasteiger partial charge in [0.1, 0.15) is 22.8 Å². The molecule has 3 aliphatic carbocycles. The molecule has 0 bridgehead atoms. The van der Waals surface area contributed by atoms with E-state index in [2.05, 4.69) is 34.6 Å². The number of phenolic OH excluding ortho intramolecular Hbond substituents is 1. The van der Waals surface area contributed by atoms with E-state index in [0.717, 1.165) is 24.5 Å². The van der Waals surface area contributed by atoms with Gasteiger partial charge in [-0.2, -0.15) is 0 Å². The molecule has 2 aromatic rings. The molecule has 0 aromatic heterocycles. The van der Waals surface area contributed by atoms with Crippen molar-refractivity contribution in [2.75, 3.05) is 0 Å². The van der Waals surface area contributed by atoms with Gasteiger partial charge in [-0.25, -0.2) is 0 Å². The molecule has 1 fully saturated rings. The lowest BCUT2D eigenvalue weighted by molar-refractivity contribution is -0.178. The molecule has 0 aliphatic heterocycles. The van der Waals surface area contributed by atoms with Crippen molar-refractivity contribution in [3.05, 3.63) is 79.1 Å². The number of fused-ring (bicyclic) bond motifs is 3. The lowest BCUT2D eigenvalue weighted by atomic mass is 9.43. The molecule has 7 nitrogen and oxygen atoms in total. The summed E-state index contributed by atoms with van der Waals surface area (Å²) in [6, 6.07) is 3.39. The first-order valence-electron chi connectivity index (χ1n) is 15.9. The van der Waals surface area contributed by atoms with Crippen LogP contribution in [0.1, 0.15) is 91.1 Å². The topological polar surface area (TPSA) is 132 Å². The number of rotatable bonds is 5. The molecule has 5 rings (SSSR count). The highest BCUT2D eigenvalue weighted by Crippen LogP contribution is 2.65. The first-order chi connectivity index (χ1) is 20.8. The Labute approximate surface area is 265 Å². The van der Waals surface area contributed by atoms with Crippen molar-refractivity contribution >= 4 is 23.1 Å². The van der Waals surface area contributed by atoms with E-state index in [9.17, 15) is 34.8 Å². The average molecular weight is 615 g/mol. The predicted octanol–water partition coefficient (Wildman–Crippen LogP) is 6.52. The molecule has 0 saturated heterocycles. The number of aliphatic hydroxyl groups is 3. The van der Waals surface area contributed by atoms with Gasteiger partial charge in [-0.3, -0.25) is 14.4 Å². The van der Waals surface area contributed by atoms with Crippen LogP contribution in [-0.4, -0.2) is 43.4 Å². The summed E-state index contributed by atoms with van der Waals surface area (Å²) in [7, 11) is 0. The van der Waals surface area contributed by atoms with E-state index in [1.54, 1.807) is 20.8 Å². The van der Waals surface area contributed by atoms with Gasteiger partial charge in [0, 0.05) is 22.3 Å². The molecule has 4 N–H and O–H groups in total. The number of allylic oxidation sites excluding steroid dienone is 1. The summed E-state index contributed by atoms with van der Waals surface area (Å²) in [5, 5.41) is 46.4. The summed E-state index contributed by atoms with van der Waals surface area (Å²) >= 11 is 0. The van der Waals surface area contributed by atoms with E-state index in [-0.39, 0.29) is 35.6 Å². The average Bonchev–Trinajstić information content (AvgIpc) is 2.93. The number of carbonyl (C=O) groups is 3. The van der Waals surface area contributed by atoms with E-state index >= 15 is 0 Å². The fraction of sp³-hybridized carbons (Fsp3) is 0.500. The smallest absolute Gasteiger partial charge is 0.203 e. The third-order valence-corrected chi connectivity index (χ3v) is 11.8. The zero-order valence-corrected chi connectivity index (χ0v) is 28.2. The number of hydrogen-bond donors (Lipinski definition) is 4. The maximum absolute atomic E-state index is 14.5. The van der Waals surface area contributed by atoms with Gasteiger partial charge in [-0.15, -0.1) is 0 Å². The van der Waals surface area contributed by atoms with Gasteiger partial charge in [0.25, 0.3) is 0 Å². The Morgan fingerprint density at radius 3 is 2.00 bits per heavy atom. The molecule has 0 amide bonds. The SMILES string of the molecule is CC(=O)C1=C(O)[C@]2(O)C(=O)C3=C(O)c4c(O)ccc(CCc5c(C)c(C)c(C)c(C)c5C)c4C[C@]3(C)C[C@]2(C)C(C(C)C)C1=O. The number of aromatic hydroxyl groups is 1. The van der Waals surface area contributed by atoms with Crippen molar-refractivity contribution in [3.8, 4) is 5.75 Å². The monoisotopic (exact) mass is 614 g/mol. The fourth-order valence-electron chi connectivity index (χ4n) is 9.23. The minimum atomic E-state index is -2.61. The Balaban J connectivity index is 1.69. The highest BCUT2D eigenvalue weighted by Gasteiger charge is 2.72. The van der Waals surface area contributed by atoms with Crippen molar-refractivity contribution in [1.29, 1.82) is 0 Å². The van der Waals surface area contributed by atoms with Crippen molar-refractivity contribution in [1.82, 2.24) is 0 Å². The van der Waals surface area contributed by atoms with Crippen LogP contribution in [0.25, 0.3) is 5.76 Å². The summed E-state index contributed by atoms with van der Waals surface area (Å²) in [5.41, 5.74) is 3.62. The van der Waals surface area contributed by atoms with Gasteiger partial charge in [-0.1, -0.05) is 33.8 Å². The summed E-state index contributed by atoms with van der Waals surface area (Å²) in [4.78, 5) is 40.8. The van der Waals surface area contributed by atoms with Crippen molar-refractivity contribution in [2.45, 2.75) is 101 Å². The Morgan fingerprint density at radius 2 is 1.47 bits per heavy atom. The Morgan fingerprint density at radius 1 is 0.911 bits per heavy atom. The van der Waals surface area contributed by atoms with Crippen LogP contribution in [0.5, 0.6) is 5.75 Å². The van der Waals surface area contributed by atoms with Crippen molar-refractivity contribution in [2.24, 2.45) is 22.7 Å². The third-order valence-electron chi connectivity index (χ3n) is 11.8. The quantitative estimate of drug-likeness (QED) is 0.282. The molecule has 4 atom stereocenters. The minimum Gasteiger partial charge on any atom is -0.508 e. The van der Waals surface area contributed by atoms with E-state index in [1.165, 1.54) is 39.4 Å². The highest BCUT2D eigenvalue weighted by atomic mass is 16.3. The normalized spacial score (nSPS) is 28.0. The zero-order chi connectivity index (χ0) is 33.7. The van der Waals surface area contributed by atoms with Crippen LogP contribution in [0, 0.1) is 57.3 Å². The molecule has 7 heteroatoms. The predicted molar refractivity (Wildman–Crippen MR) is 173 cm³/mol. The minimum absolute atomic E-state index is 0.0779. The van der Waals surface area contributed by atoms with Crippen LogP contribution >= 0.6 is 0 Å². The Hall–Kier alpha value is -3.71. The van der Waals surface area contributed by atoms with Crippen molar-refractivity contribution in [3.63, 3.8) is 0 Å². The number of ketones is 3. The summed E-state index contributed by atoms with van der Waals surface area (Å²) in [6.45, 7) is 18.9. The van der Waals surface area contributed by atoms with Crippen molar-refractivity contribution < 1.29 is 34.8 Å². The number of carbonyl (C=O) groups excluding carboxylic acids is 3. The lowest BCUT2D eigenvalue weighted by Crippen LogP contribution is -2.69. The number of hydrogen-bond acceptors (Lipinski definition) is 7. The molecule has 0 spiro atoms. The molecule has 1 unspecified atom stereocenters. The second kappa shape index (κ2) is 10.4. The lowest BCUT2D eigenvalue weighted by Gasteiger charge is -2.59. The molecular formula is C38H46O7. The van der Waals surface area contributed by atoms with Gasteiger partial charge in [0.2, 0.25) is 5.78 Å². The maximum Gasteiger partial charge on any atom is 0.203 e. The molecule has 45 heavy (non-hydrogen) atoms. The third kappa shape index (κ3) is 4.22. The number of benzene rings is 2. The molecule has 2 aromatic carbocycles. The Kier molecular flexibility index (Phi) is 7.56. The summed E-state index contributed by atoms with van der Waals surface area (Å²) in [5.74, 6) is -5.16. The molecule has 0 heterocycles. The van der Waals surface area contributed by atoms with Gasteiger partial charge >= 0.3 is 0 Å². The molecular weight excluding hydrogens is 568 g/mol. The van der Waals surface area contributed by atoms with Crippen LogP contribution in [0.2, 0.25) is 0 Å². The van der Waals surface area contributed by atoms with Gasteiger partial charge in [0.05, 0.1) is 5.56 Å². The van der Waals surface area contributed by atoms with E-state index in [0.29, 0.717) is 6.42 Å². The number of phenols is 1. The highest BCUT2D eigenvalue weighted by molar-refractivity contribution is 6.24. The van der Waals surface area contributed by atoms with Crippen LogP contribution in [0.4, 0.5) is 0 Å². The van der Waals surface area contributed by atoms with E-state index < -0.39 is 56.8 Å². The number of aliphatic hydroxyl groups excluding tert-OH is 2. The fourth-order valence-corrected chi connectivity index (χ4v) is 9.23. The van der Waals surface area contributed by atoms with Crippen LogP contribution in [0.15, 0.2) is 29.0 Å². The molecule has 1 saturated carbocycles. The van der Waals surface area contributed by atoms with E-state index in [1.807, 2.05) is 13.0 Å². The largest absolute Gasteiger partial charge is 0.508 e. The number of Topliss-reactive ketones (excluding diaryl/α,β-unsaturated/α-hetero) is 3. The van der Waals surface area contributed by atoms with Crippen LogP contribution in [0.3, 0.4) is 0 Å². The first-order valence-corrected chi connectivity index (χ1v) is 15.9. The van der Waals surface area contributed by atoms with Gasteiger partial charge in [0.15, 0.2) is 17.2 Å². The second-order valence-electron chi connectivity index (χ2n) is 14.7. The standard InChI is InChI=1S/C38H46O7/c1-17(2)30-32(41)28(23(8)39)34(43)38(45)35(44)31-33(42)29-26(15-36(31,9)16-37(30,38)10)24(12-14-27(29)40)11-13-25-21(6)19(4)18(3)20(5)22(25)7/h12,14,17,30,40,42-43,45H,11,13,15-16H2,1-10H3/t30?,36-,37-,38+/m1/s1. The summed E-state index contributed by atoms with van der Waals surface area (Å²) in [6.07, 6.45) is 1.74. The summed E-state index contributed by atoms with van der Waals surface area (Å²) < 4.78 is 0. The van der Waals surface area contributed by atoms with Gasteiger partial charge in [-0.05, 0) is 124 Å². The zero-order valence-electron chi connectivity index (χ0n) is 28.2.